The third-order valence-corrected chi connectivity index (χ3v) is 7.12. The second-order valence-corrected chi connectivity index (χ2v) is 9.09. The number of piperidine rings is 1. The maximum atomic E-state index is 13.1. The quantitative estimate of drug-likeness (QED) is 0.321. The molecule has 1 aromatic rings. The van der Waals surface area contributed by atoms with Crippen molar-refractivity contribution in [1.29, 1.82) is 0 Å². The first-order chi connectivity index (χ1) is 14.1. The molecule has 166 valence electrons. The second-order valence-electron chi connectivity index (χ2n) is 7.20. The van der Waals surface area contributed by atoms with Crippen molar-refractivity contribution < 1.29 is 36.3 Å². The smallest absolute Gasteiger partial charge is 0.409 e. The van der Waals surface area contributed by atoms with E-state index >= 15 is 0 Å². The fourth-order valence-electron chi connectivity index (χ4n) is 3.74. The zero-order valence-corrected chi connectivity index (χ0v) is 16.8. The average molecular weight is 449 g/mol. The molecule has 1 aromatic carbocycles. The Morgan fingerprint density at radius 1 is 1.17 bits per heavy atom. The van der Waals surface area contributed by atoms with Gasteiger partial charge in [-0.05, 0) is 37.1 Å². The summed E-state index contributed by atoms with van der Waals surface area (Å²) in [5.41, 5.74) is 0. The number of benzene rings is 1. The molecule has 1 atom stereocenters. The number of Topliss-reactive ketones (excluding diaryl/α,β-unsaturated/α-hetero) is 1. The third kappa shape index (κ3) is 5.22. The van der Waals surface area contributed by atoms with E-state index in [0.717, 1.165) is 41.4 Å². The number of carbonyl (C=O) groups excluding carboxylic acids is 1. The first-order valence-electron chi connectivity index (χ1n) is 9.45. The van der Waals surface area contributed by atoms with Crippen LogP contribution < -0.4 is 4.74 Å². The van der Waals surface area contributed by atoms with Gasteiger partial charge in [-0.15, -0.1) is 13.2 Å². The van der Waals surface area contributed by atoms with E-state index in [1.165, 1.54) is 0 Å². The van der Waals surface area contributed by atoms with Gasteiger partial charge in [0, 0.05) is 44.9 Å². The fraction of sp³-hybridized carbons (Fsp3) is 0.556. The van der Waals surface area contributed by atoms with Crippen LogP contribution in [0.5, 0.6) is 5.75 Å². The molecule has 0 spiro atoms. The van der Waals surface area contributed by atoms with Crippen molar-refractivity contribution in [3.63, 3.8) is 0 Å². The summed E-state index contributed by atoms with van der Waals surface area (Å²) in [4.78, 5) is 13.6. The van der Waals surface area contributed by atoms with Gasteiger partial charge in [0.15, 0.2) is 0 Å². The molecule has 1 unspecified atom stereocenters. The number of oxime groups is 1. The SMILES string of the molecule is O=C1CCN(S(=O)(=O)c2ccc(OC(F)(F)F)cc2)C(CC(=NO)N2CCCC2)C1. The molecule has 8 nitrogen and oxygen atoms in total. The van der Waals surface area contributed by atoms with Gasteiger partial charge < -0.3 is 14.8 Å². The van der Waals surface area contributed by atoms with E-state index in [0.29, 0.717) is 18.9 Å². The van der Waals surface area contributed by atoms with Gasteiger partial charge in [0.05, 0.1) is 4.90 Å². The van der Waals surface area contributed by atoms with Crippen molar-refractivity contribution in [3.8, 4) is 5.75 Å². The molecular formula is C18H22F3N3O5S. The molecular weight excluding hydrogens is 427 g/mol. The van der Waals surface area contributed by atoms with Crippen LogP contribution in [0.4, 0.5) is 13.2 Å². The van der Waals surface area contributed by atoms with Crippen LogP contribution in [0, 0.1) is 0 Å². The molecule has 0 aromatic heterocycles. The number of halogens is 3. The number of hydrogen-bond donors (Lipinski definition) is 1. The summed E-state index contributed by atoms with van der Waals surface area (Å²) in [6, 6.07) is 3.18. The standard InChI is InChI=1S/C18H22F3N3O5S/c19-18(20,21)29-15-3-5-16(6-4-15)30(27,28)24-10-7-14(25)11-13(24)12-17(22-26)23-8-1-2-9-23/h3-6,13,26H,1-2,7-12H2. The van der Waals surface area contributed by atoms with Gasteiger partial charge >= 0.3 is 6.36 Å². The maximum Gasteiger partial charge on any atom is 0.573 e. The van der Waals surface area contributed by atoms with Gasteiger partial charge in [0.25, 0.3) is 0 Å². The summed E-state index contributed by atoms with van der Waals surface area (Å²) >= 11 is 0. The summed E-state index contributed by atoms with van der Waals surface area (Å²) in [5.74, 6) is -0.309. The van der Waals surface area contributed by atoms with Crippen molar-refractivity contribution in [3.05, 3.63) is 24.3 Å². The molecule has 0 aliphatic carbocycles. The van der Waals surface area contributed by atoms with Gasteiger partial charge in [-0.2, -0.15) is 4.31 Å². The van der Waals surface area contributed by atoms with Crippen LogP contribution in [0.25, 0.3) is 0 Å². The number of amidine groups is 1. The van der Waals surface area contributed by atoms with Crippen molar-refractivity contribution in [1.82, 2.24) is 9.21 Å². The number of ether oxygens (including phenoxy) is 1. The fourth-order valence-corrected chi connectivity index (χ4v) is 5.37. The molecule has 0 saturated carbocycles. The Morgan fingerprint density at radius 3 is 2.37 bits per heavy atom. The summed E-state index contributed by atoms with van der Waals surface area (Å²) in [6.45, 7) is 1.33. The number of ketones is 1. The summed E-state index contributed by atoms with van der Waals surface area (Å²) in [5, 5.41) is 12.7. The van der Waals surface area contributed by atoms with Crippen molar-refractivity contribution >= 4 is 21.6 Å². The molecule has 2 heterocycles. The largest absolute Gasteiger partial charge is 0.573 e. The monoisotopic (exact) mass is 449 g/mol. The minimum absolute atomic E-state index is 0.0264. The second kappa shape index (κ2) is 8.80. The van der Waals surface area contributed by atoms with Gasteiger partial charge in [-0.25, -0.2) is 8.42 Å². The zero-order chi connectivity index (χ0) is 21.9. The predicted octanol–water partition coefficient (Wildman–Crippen LogP) is 2.58. The molecule has 2 saturated heterocycles. The van der Waals surface area contributed by atoms with Crippen LogP contribution in [-0.4, -0.2) is 66.5 Å². The highest BCUT2D eigenvalue weighted by Gasteiger charge is 2.38. The number of alkyl halides is 3. The zero-order valence-electron chi connectivity index (χ0n) is 16.0. The Hall–Kier alpha value is -2.34. The van der Waals surface area contributed by atoms with E-state index in [1.54, 1.807) is 0 Å². The molecule has 2 aliphatic heterocycles. The van der Waals surface area contributed by atoms with Gasteiger partial charge in [0.1, 0.15) is 17.4 Å². The predicted molar refractivity (Wildman–Crippen MR) is 99.7 cm³/mol. The van der Waals surface area contributed by atoms with Gasteiger partial charge in [0.2, 0.25) is 10.0 Å². The first kappa shape index (κ1) is 22.3. The lowest BCUT2D eigenvalue weighted by atomic mass is 10.00. The van der Waals surface area contributed by atoms with Crippen LogP contribution in [0.3, 0.4) is 0 Å². The van der Waals surface area contributed by atoms with Gasteiger partial charge in [-0.1, -0.05) is 5.16 Å². The van der Waals surface area contributed by atoms with E-state index in [2.05, 4.69) is 9.89 Å². The number of likely N-dealkylation sites (tertiary alicyclic amines) is 1. The van der Waals surface area contributed by atoms with E-state index in [1.807, 2.05) is 4.90 Å². The Morgan fingerprint density at radius 2 is 1.80 bits per heavy atom. The van der Waals surface area contributed by atoms with E-state index in [9.17, 15) is 31.6 Å². The number of hydrogen-bond acceptors (Lipinski definition) is 6. The summed E-state index contributed by atoms with van der Waals surface area (Å²) < 4.78 is 68.2. The molecule has 0 amide bonds. The molecule has 30 heavy (non-hydrogen) atoms. The highest BCUT2D eigenvalue weighted by Crippen LogP contribution is 2.29. The number of rotatable bonds is 5. The highest BCUT2D eigenvalue weighted by atomic mass is 32.2. The molecule has 0 radical (unpaired) electrons. The summed E-state index contributed by atoms with van der Waals surface area (Å²) in [7, 11) is -4.08. The molecule has 2 aliphatic rings. The Kier molecular flexibility index (Phi) is 6.56. The molecule has 1 N–H and O–H groups in total. The molecule has 2 fully saturated rings. The van der Waals surface area contributed by atoms with Crippen molar-refractivity contribution in [2.75, 3.05) is 19.6 Å². The lowest BCUT2D eigenvalue weighted by molar-refractivity contribution is -0.274. The average Bonchev–Trinajstić information content (AvgIpc) is 3.19. The molecule has 12 heteroatoms. The lowest BCUT2D eigenvalue weighted by Crippen LogP contribution is -2.48. The molecule has 0 bridgehead atoms. The number of carbonyl (C=O) groups is 1. The van der Waals surface area contributed by atoms with Crippen LogP contribution in [0.1, 0.15) is 32.1 Å². The van der Waals surface area contributed by atoms with Crippen LogP contribution in [-0.2, 0) is 14.8 Å². The van der Waals surface area contributed by atoms with Crippen LogP contribution in [0.15, 0.2) is 34.3 Å². The normalized spacial score (nSPS) is 21.8. The Balaban J connectivity index is 1.82. The molecule has 3 rings (SSSR count). The van der Waals surface area contributed by atoms with Gasteiger partial charge in [-0.3, -0.25) is 4.79 Å². The third-order valence-electron chi connectivity index (χ3n) is 5.15. The summed E-state index contributed by atoms with van der Waals surface area (Å²) in [6.07, 6.45) is -2.94. The van der Waals surface area contributed by atoms with Crippen molar-refractivity contribution in [2.45, 2.75) is 49.4 Å². The van der Waals surface area contributed by atoms with Crippen LogP contribution in [0.2, 0.25) is 0 Å². The van der Waals surface area contributed by atoms with Crippen LogP contribution >= 0.6 is 0 Å². The number of sulfonamides is 1. The minimum Gasteiger partial charge on any atom is -0.409 e. The highest BCUT2D eigenvalue weighted by molar-refractivity contribution is 7.89. The topological polar surface area (TPSA) is 99.5 Å². The van der Waals surface area contributed by atoms with E-state index in [-0.39, 0.29) is 36.5 Å². The minimum atomic E-state index is -4.88. The van der Waals surface area contributed by atoms with E-state index in [4.69, 9.17) is 0 Å². The first-order valence-corrected chi connectivity index (χ1v) is 10.9. The Bertz CT molecular complexity index is 897. The van der Waals surface area contributed by atoms with E-state index < -0.39 is 28.2 Å². The van der Waals surface area contributed by atoms with Crippen molar-refractivity contribution in [2.24, 2.45) is 5.16 Å². The Labute approximate surface area is 171 Å². The number of nitrogens with zero attached hydrogens (tertiary/aromatic N) is 3. The lowest BCUT2D eigenvalue weighted by Gasteiger charge is -2.35. The maximum absolute atomic E-state index is 13.1.